The Bertz CT molecular complexity index is 698. The minimum atomic E-state index is -1.58. The van der Waals surface area contributed by atoms with Crippen LogP contribution in [0, 0.1) is 0 Å². The van der Waals surface area contributed by atoms with Crippen molar-refractivity contribution in [3.05, 3.63) is 76.8 Å². The zero-order valence-corrected chi connectivity index (χ0v) is 14.6. The van der Waals surface area contributed by atoms with Gasteiger partial charge in [-0.1, -0.05) is 52.8 Å². The van der Waals surface area contributed by atoms with Gasteiger partial charge in [0.1, 0.15) is 0 Å². The van der Waals surface area contributed by atoms with Crippen LogP contribution in [0.1, 0.15) is 12.5 Å². The summed E-state index contributed by atoms with van der Waals surface area (Å²) in [5, 5.41) is 0. The number of carbonyl (C=O) groups is 1. The van der Waals surface area contributed by atoms with Crippen LogP contribution in [0.15, 0.2) is 76.1 Å². The first-order valence-electron chi connectivity index (χ1n) is 6.68. The molecular weight excluding hydrogens is 362 g/mol. The summed E-state index contributed by atoms with van der Waals surface area (Å²) < 4.78 is 15.0. The maximum atomic E-state index is 12.8. The topological polar surface area (TPSA) is 37.4 Å². The van der Waals surface area contributed by atoms with E-state index < -0.39 is 11.0 Å². The summed E-state index contributed by atoms with van der Waals surface area (Å²) in [5.74, 6) is -0.315. The molecule has 0 heterocycles. The fraction of sp³-hybridized carbons (Fsp3) is 0.118. The highest BCUT2D eigenvalue weighted by molar-refractivity contribution is 9.10. The van der Waals surface area contributed by atoms with Crippen LogP contribution in [0.3, 0.4) is 0 Å². The Labute approximate surface area is 141 Å². The molecule has 22 heavy (non-hydrogen) atoms. The number of hydrogen-bond donors (Lipinski definition) is 0. The summed E-state index contributed by atoms with van der Waals surface area (Å²) in [5.41, 5.74) is 1.28. The van der Waals surface area contributed by atoms with Crippen LogP contribution in [0.25, 0.3) is 0 Å². The van der Waals surface area contributed by atoms with Crippen molar-refractivity contribution >= 4 is 32.8 Å². The molecule has 0 N–H and O–H groups in total. The smallest absolute Gasteiger partial charge is 0.261 e. The molecule has 5 heteroatoms. The van der Waals surface area contributed by atoms with Crippen molar-refractivity contribution < 1.29 is 9.00 Å². The van der Waals surface area contributed by atoms with Crippen molar-refractivity contribution in [2.24, 2.45) is 0 Å². The number of nitrogens with zero attached hydrogens (tertiary/aromatic N) is 1. The molecule has 0 saturated heterocycles. The summed E-state index contributed by atoms with van der Waals surface area (Å²) >= 11 is 3.34. The van der Waals surface area contributed by atoms with Gasteiger partial charge < -0.3 is 0 Å². The molecule has 1 amide bonds. The summed E-state index contributed by atoms with van der Waals surface area (Å²) in [6, 6.07) is 16.6. The van der Waals surface area contributed by atoms with Gasteiger partial charge in [-0.25, -0.2) is 8.51 Å². The monoisotopic (exact) mass is 377 g/mol. The normalized spacial score (nSPS) is 11.7. The van der Waals surface area contributed by atoms with Gasteiger partial charge in [-0.05, 0) is 36.8 Å². The Balaban J connectivity index is 2.31. The molecule has 0 spiro atoms. The molecule has 0 aromatic heterocycles. The van der Waals surface area contributed by atoms with E-state index in [0.29, 0.717) is 10.5 Å². The first kappa shape index (κ1) is 16.6. The zero-order valence-electron chi connectivity index (χ0n) is 12.2. The second kappa shape index (κ2) is 7.51. The average Bonchev–Trinajstić information content (AvgIpc) is 2.53. The lowest BCUT2D eigenvalue weighted by Gasteiger charge is -2.21. The van der Waals surface area contributed by atoms with Crippen LogP contribution in [-0.2, 0) is 22.3 Å². The zero-order chi connectivity index (χ0) is 16.1. The SMILES string of the molecule is C=C(C)C(=O)N(Cc1ccccc1)[S@@](=O)c1ccc(Br)cc1. The van der Waals surface area contributed by atoms with Gasteiger partial charge >= 0.3 is 0 Å². The Hall–Kier alpha value is -1.72. The molecule has 0 fully saturated rings. The highest BCUT2D eigenvalue weighted by Crippen LogP contribution is 2.19. The Morgan fingerprint density at radius 1 is 1.14 bits per heavy atom. The molecule has 0 saturated carbocycles. The largest absolute Gasteiger partial charge is 0.268 e. The van der Waals surface area contributed by atoms with Crippen LogP contribution < -0.4 is 0 Å². The van der Waals surface area contributed by atoms with Gasteiger partial charge in [-0.2, -0.15) is 0 Å². The molecule has 2 aromatic rings. The molecule has 0 aliphatic rings. The van der Waals surface area contributed by atoms with E-state index in [1.165, 1.54) is 4.31 Å². The molecule has 2 aromatic carbocycles. The fourth-order valence-electron chi connectivity index (χ4n) is 1.85. The van der Waals surface area contributed by atoms with Gasteiger partial charge in [0.2, 0.25) is 0 Å². The minimum Gasteiger partial charge on any atom is -0.268 e. The van der Waals surface area contributed by atoms with Crippen LogP contribution in [0.2, 0.25) is 0 Å². The summed E-state index contributed by atoms with van der Waals surface area (Å²) in [7, 11) is -1.58. The maximum Gasteiger partial charge on any atom is 0.261 e. The summed E-state index contributed by atoms with van der Waals surface area (Å²) in [6.45, 7) is 5.57. The van der Waals surface area contributed by atoms with E-state index in [-0.39, 0.29) is 12.5 Å². The predicted octanol–water partition coefficient (Wildman–Crippen LogP) is 4.08. The number of carbonyl (C=O) groups excluding carboxylic acids is 1. The van der Waals surface area contributed by atoms with Crippen molar-refractivity contribution in [3.63, 3.8) is 0 Å². The van der Waals surface area contributed by atoms with E-state index in [9.17, 15) is 9.00 Å². The molecular formula is C17H16BrNO2S. The van der Waals surface area contributed by atoms with Crippen LogP contribution >= 0.6 is 15.9 Å². The van der Waals surface area contributed by atoms with Gasteiger partial charge in [0.05, 0.1) is 11.4 Å². The van der Waals surface area contributed by atoms with Crippen molar-refractivity contribution in [1.29, 1.82) is 0 Å². The fourth-order valence-corrected chi connectivity index (χ4v) is 3.31. The summed E-state index contributed by atoms with van der Waals surface area (Å²) in [6.07, 6.45) is 0. The standard InChI is InChI=1S/C17H16BrNO2S/c1-13(2)17(20)19(12-14-6-4-3-5-7-14)22(21)16-10-8-15(18)9-11-16/h3-11H,1,12H2,2H3/t22-/m0/s1. The quantitative estimate of drug-likeness (QED) is 0.736. The maximum absolute atomic E-state index is 12.8. The van der Waals surface area contributed by atoms with Crippen molar-refractivity contribution in [1.82, 2.24) is 4.31 Å². The van der Waals surface area contributed by atoms with E-state index in [0.717, 1.165) is 10.0 Å². The highest BCUT2D eigenvalue weighted by Gasteiger charge is 2.22. The van der Waals surface area contributed by atoms with E-state index in [4.69, 9.17) is 0 Å². The minimum absolute atomic E-state index is 0.273. The molecule has 0 radical (unpaired) electrons. The molecule has 114 valence electrons. The van der Waals surface area contributed by atoms with E-state index in [1.54, 1.807) is 31.2 Å². The Morgan fingerprint density at radius 3 is 2.27 bits per heavy atom. The third-order valence-electron chi connectivity index (χ3n) is 2.98. The van der Waals surface area contributed by atoms with E-state index >= 15 is 0 Å². The van der Waals surface area contributed by atoms with Gasteiger partial charge in [-0.15, -0.1) is 0 Å². The highest BCUT2D eigenvalue weighted by atomic mass is 79.9. The first-order chi connectivity index (χ1) is 10.5. The second-order valence-corrected chi connectivity index (χ2v) is 7.14. The lowest BCUT2D eigenvalue weighted by Crippen LogP contribution is -2.32. The number of amides is 1. The van der Waals surface area contributed by atoms with Crippen LogP contribution in [0.5, 0.6) is 0 Å². The Kier molecular flexibility index (Phi) is 5.69. The third-order valence-corrected chi connectivity index (χ3v) is 4.88. The van der Waals surface area contributed by atoms with Gasteiger partial charge in [-0.3, -0.25) is 4.79 Å². The van der Waals surface area contributed by atoms with E-state index in [1.807, 2.05) is 30.3 Å². The van der Waals surface area contributed by atoms with Crippen LogP contribution in [-0.4, -0.2) is 14.4 Å². The molecule has 0 aliphatic heterocycles. The number of halogens is 1. The number of hydrogen-bond acceptors (Lipinski definition) is 2. The molecule has 1 atom stereocenters. The lowest BCUT2D eigenvalue weighted by molar-refractivity contribution is -0.122. The molecule has 0 aliphatic carbocycles. The first-order valence-corrected chi connectivity index (χ1v) is 8.58. The summed E-state index contributed by atoms with van der Waals surface area (Å²) in [4.78, 5) is 12.9. The van der Waals surface area contributed by atoms with Gasteiger partial charge in [0.15, 0.2) is 11.0 Å². The van der Waals surface area contributed by atoms with Gasteiger partial charge in [0.25, 0.3) is 5.91 Å². The number of benzene rings is 2. The van der Waals surface area contributed by atoms with E-state index in [2.05, 4.69) is 22.5 Å². The number of rotatable bonds is 5. The second-order valence-electron chi connectivity index (χ2n) is 4.81. The average molecular weight is 378 g/mol. The molecule has 0 bridgehead atoms. The van der Waals surface area contributed by atoms with Crippen molar-refractivity contribution in [2.45, 2.75) is 18.4 Å². The molecule has 3 nitrogen and oxygen atoms in total. The third kappa shape index (κ3) is 4.15. The van der Waals surface area contributed by atoms with Crippen LogP contribution in [0.4, 0.5) is 0 Å². The molecule has 2 rings (SSSR count). The Morgan fingerprint density at radius 2 is 1.73 bits per heavy atom. The lowest BCUT2D eigenvalue weighted by atomic mass is 10.2. The van der Waals surface area contributed by atoms with Gasteiger partial charge in [0, 0.05) is 10.0 Å². The molecule has 0 unspecified atom stereocenters. The van der Waals surface area contributed by atoms with Crippen molar-refractivity contribution in [3.8, 4) is 0 Å². The van der Waals surface area contributed by atoms with Crippen molar-refractivity contribution in [2.75, 3.05) is 0 Å². The predicted molar refractivity (Wildman–Crippen MR) is 92.4 cm³/mol.